The second-order valence-electron chi connectivity index (χ2n) is 4.68. The summed E-state index contributed by atoms with van der Waals surface area (Å²) in [6, 6.07) is 5.20. The maximum atomic E-state index is 6.27. The third-order valence-electron chi connectivity index (χ3n) is 2.99. The summed E-state index contributed by atoms with van der Waals surface area (Å²) < 4.78 is 2.76. The zero-order valence-corrected chi connectivity index (χ0v) is 14.2. The predicted octanol–water partition coefficient (Wildman–Crippen LogP) is 4.09. The molecule has 7 heteroatoms. The lowest BCUT2D eigenvalue weighted by Crippen LogP contribution is -2.31. The van der Waals surface area contributed by atoms with Gasteiger partial charge < -0.3 is 0 Å². The quantitative estimate of drug-likeness (QED) is 0.623. The van der Waals surface area contributed by atoms with E-state index >= 15 is 0 Å². The van der Waals surface area contributed by atoms with Crippen molar-refractivity contribution in [2.45, 2.75) is 25.9 Å². The van der Waals surface area contributed by atoms with Gasteiger partial charge >= 0.3 is 0 Å². The fourth-order valence-corrected chi connectivity index (χ4v) is 2.99. The topological polar surface area (TPSA) is 55.9 Å². The van der Waals surface area contributed by atoms with Gasteiger partial charge in [-0.2, -0.15) is 5.10 Å². The molecule has 4 nitrogen and oxygen atoms in total. The molecule has 108 valence electrons. The van der Waals surface area contributed by atoms with Gasteiger partial charge in [-0.05, 0) is 53.5 Å². The summed E-state index contributed by atoms with van der Waals surface area (Å²) in [7, 11) is 0. The van der Waals surface area contributed by atoms with Crippen molar-refractivity contribution < 1.29 is 0 Å². The first-order valence-corrected chi connectivity index (χ1v) is 7.64. The molecule has 0 aliphatic carbocycles. The van der Waals surface area contributed by atoms with Crippen LogP contribution in [0.15, 0.2) is 28.9 Å². The maximum absolute atomic E-state index is 6.27. The van der Waals surface area contributed by atoms with Crippen molar-refractivity contribution in [2.75, 3.05) is 0 Å². The number of nitrogens with zero attached hydrogens (tertiary/aromatic N) is 2. The standard InChI is InChI=1S/C13H15BrCl2N4/c1-7(2)20-13(10(14)6-18-20)12(19-17)9-5-8(15)3-4-11(9)16/h3-7,12,19H,17H2,1-2H3. The highest BCUT2D eigenvalue weighted by Crippen LogP contribution is 2.34. The van der Waals surface area contributed by atoms with Gasteiger partial charge in [0.15, 0.2) is 0 Å². The van der Waals surface area contributed by atoms with Crippen molar-refractivity contribution in [1.29, 1.82) is 0 Å². The number of hydrogen-bond acceptors (Lipinski definition) is 3. The van der Waals surface area contributed by atoms with Gasteiger partial charge in [0.25, 0.3) is 0 Å². The summed E-state index contributed by atoms with van der Waals surface area (Å²) >= 11 is 15.8. The highest BCUT2D eigenvalue weighted by atomic mass is 79.9. The first-order valence-electron chi connectivity index (χ1n) is 6.09. The van der Waals surface area contributed by atoms with E-state index in [1.54, 1.807) is 24.4 Å². The van der Waals surface area contributed by atoms with Crippen LogP contribution in [0.2, 0.25) is 10.0 Å². The zero-order valence-electron chi connectivity index (χ0n) is 11.1. The van der Waals surface area contributed by atoms with Crippen LogP contribution >= 0.6 is 39.1 Å². The van der Waals surface area contributed by atoms with E-state index in [2.05, 4.69) is 40.3 Å². The Morgan fingerprint density at radius 2 is 2.05 bits per heavy atom. The number of aromatic nitrogens is 2. The van der Waals surface area contributed by atoms with Gasteiger partial charge in [-0.3, -0.25) is 10.5 Å². The molecule has 0 saturated heterocycles. The maximum Gasteiger partial charge on any atom is 0.0904 e. The van der Waals surface area contributed by atoms with Crippen LogP contribution in [0.4, 0.5) is 0 Å². The number of hydrazine groups is 1. The van der Waals surface area contributed by atoms with E-state index in [1.807, 2.05) is 4.68 Å². The van der Waals surface area contributed by atoms with E-state index in [0.29, 0.717) is 10.0 Å². The molecule has 20 heavy (non-hydrogen) atoms. The molecule has 0 radical (unpaired) electrons. The average Bonchev–Trinajstić information content (AvgIpc) is 2.77. The molecule has 1 aromatic carbocycles. The molecule has 0 amide bonds. The number of halogens is 3. The van der Waals surface area contributed by atoms with Gasteiger partial charge in [0.1, 0.15) is 0 Å². The average molecular weight is 378 g/mol. The Labute approximate surface area is 136 Å². The Bertz CT molecular complexity index is 612. The molecule has 0 aliphatic heterocycles. The van der Waals surface area contributed by atoms with E-state index in [-0.39, 0.29) is 12.1 Å². The lowest BCUT2D eigenvalue weighted by molar-refractivity contribution is 0.475. The number of nitrogens with two attached hydrogens (primary N) is 1. The Balaban J connectivity index is 2.58. The summed E-state index contributed by atoms with van der Waals surface area (Å²) in [5, 5.41) is 5.57. The van der Waals surface area contributed by atoms with Crippen molar-refractivity contribution in [3.05, 3.63) is 50.2 Å². The van der Waals surface area contributed by atoms with E-state index < -0.39 is 0 Å². The zero-order chi connectivity index (χ0) is 14.9. The van der Waals surface area contributed by atoms with Crippen molar-refractivity contribution in [1.82, 2.24) is 15.2 Å². The fraction of sp³-hybridized carbons (Fsp3) is 0.308. The van der Waals surface area contributed by atoms with Crippen LogP contribution in [0.5, 0.6) is 0 Å². The summed E-state index contributed by atoms with van der Waals surface area (Å²) in [6.45, 7) is 4.10. The molecule has 0 aliphatic rings. The van der Waals surface area contributed by atoms with Gasteiger partial charge in [-0.15, -0.1) is 0 Å². The fourth-order valence-electron chi connectivity index (χ4n) is 2.08. The van der Waals surface area contributed by atoms with Crippen LogP contribution in [0.25, 0.3) is 0 Å². The number of benzene rings is 1. The van der Waals surface area contributed by atoms with Crippen molar-refractivity contribution in [3.63, 3.8) is 0 Å². The van der Waals surface area contributed by atoms with Gasteiger partial charge in [0, 0.05) is 16.1 Å². The van der Waals surface area contributed by atoms with Crippen LogP contribution in [0.3, 0.4) is 0 Å². The van der Waals surface area contributed by atoms with E-state index in [9.17, 15) is 0 Å². The third kappa shape index (κ3) is 3.02. The minimum Gasteiger partial charge on any atom is -0.271 e. The lowest BCUT2D eigenvalue weighted by atomic mass is 10.0. The molecule has 0 saturated carbocycles. The number of rotatable bonds is 4. The van der Waals surface area contributed by atoms with Gasteiger partial charge in [-0.1, -0.05) is 23.2 Å². The molecule has 1 atom stereocenters. The highest BCUT2D eigenvalue weighted by molar-refractivity contribution is 9.10. The Hall–Kier alpha value is -0.590. The normalized spacial score (nSPS) is 12.9. The molecule has 2 rings (SSSR count). The largest absolute Gasteiger partial charge is 0.271 e. The summed E-state index contributed by atoms with van der Waals surface area (Å²) in [5.74, 6) is 5.74. The predicted molar refractivity (Wildman–Crippen MR) is 85.9 cm³/mol. The summed E-state index contributed by atoms with van der Waals surface area (Å²) in [6.07, 6.45) is 1.75. The van der Waals surface area contributed by atoms with E-state index in [1.165, 1.54) is 0 Å². The second kappa shape index (κ2) is 6.45. The van der Waals surface area contributed by atoms with Crippen LogP contribution in [0.1, 0.15) is 37.2 Å². The van der Waals surface area contributed by atoms with Crippen LogP contribution in [0, 0.1) is 0 Å². The SMILES string of the molecule is CC(C)n1ncc(Br)c1C(NN)c1cc(Cl)ccc1Cl. The summed E-state index contributed by atoms with van der Waals surface area (Å²) in [5.41, 5.74) is 4.51. The minimum atomic E-state index is -0.305. The van der Waals surface area contributed by atoms with E-state index in [0.717, 1.165) is 15.7 Å². The molecule has 0 fully saturated rings. The molecule has 1 unspecified atom stereocenters. The molecular weight excluding hydrogens is 363 g/mol. The Morgan fingerprint density at radius 1 is 1.35 bits per heavy atom. The van der Waals surface area contributed by atoms with Crippen molar-refractivity contribution in [2.24, 2.45) is 5.84 Å². The van der Waals surface area contributed by atoms with Gasteiger partial charge in [0.2, 0.25) is 0 Å². The van der Waals surface area contributed by atoms with Crippen LogP contribution in [-0.4, -0.2) is 9.78 Å². The number of nitrogens with one attached hydrogen (secondary N) is 1. The molecule has 2 aromatic rings. The Kier molecular flexibility index (Phi) is 5.09. The second-order valence-corrected chi connectivity index (χ2v) is 6.38. The first-order chi connectivity index (χ1) is 9.45. The van der Waals surface area contributed by atoms with Gasteiger partial charge in [0.05, 0.1) is 22.4 Å². The molecule has 1 heterocycles. The summed E-state index contributed by atoms with van der Waals surface area (Å²) in [4.78, 5) is 0. The monoisotopic (exact) mass is 376 g/mol. The van der Waals surface area contributed by atoms with Crippen LogP contribution in [-0.2, 0) is 0 Å². The van der Waals surface area contributed by atoms with Crippen LogP contribution < -0.4 is 11.3 Å². The van der Waals surface area contributed by atoms with E-state index in [4.69, 9.17) is 29.0 Å². The molecule has 3 N–H and O–H groups in total. The Morgan fingerprint density at radius 3 is 2.65 bits per heavy atom. The molecule has 0 spiro atoms. The smallest absolute Gasteiger partial charge is 0.0904 e. The van der Waals surface area contributed by atoms with Gasteiger partial charge in [-0.25, -0.2) is 5.43 Å². The van der Waals surface area contributed by atoms with Crippen molar-refractivity contribution >= 4 is 39.1 Å². The lowest BCUT2D eigenvalue weighted by Gasteiger charge is -2.22. The minimum absolute atomic E-state index is 0.199. The third-order valence-corrected chi connectivity index (χ3v) is 4.18. The first kappa shape index (κ1) is 15.8. The van der Waals surface area contributed by atoms with Crippen molar-refractivity contribution in [3.8, 4) is 0 Å². The highest BCUT2D eigenvalue weighted by Gasteiger charge is 2.24. The molecular formula is C13H15BrCl2N4. The number of hydrogen-bond donors (Lipinski definition) is 2. The molecule has 1 aromatic heterocycles. The molecule has 0 bridgehead atoms.